The Morgan fingerprint density at radius 1 is 1.37 bits per heavy atom. The van der Waals surface area contributed by atoms with Crippen LogP contribution in [0.2, 0.25) is 0 Å². The van der Waals surface area contributed by atoms with E-state index in [0.717, 1.165) is 30.5 Å². The molecule has 1 amide bonds. The zero-order valence-corrected chi connectivity index (χ0v) is 11.9. The van der Waals surface area contributed by atoms with Crippen LogP contribution in [-0.2, 0) is 6.42 Å². The monoisotopic (exact) mass is 260 g/mol. The van der Waals surface area contributed by atoms with Crippen molar-refractivity contribution in [1.82, 2.24) is 4.90 Å². The Morgan fingerprint density at radius 2 is 2.11 bits per heavy atom. The average Bonchev–Trinajstić information content (AvgIpc) is 2.42. The third kappa shape index (κ3) is 2.98. The van der Waals surface area contributed by atoms with Crippen LogP contribution >= 0.6 is 0 Å². The number of nitrogens with two attached hydrogens (primary N) is 1. The second-order valence-electron chi connectivity index (χ2n) is 5.55. The summed E-state index contributed by atoms with van der Waals surface area (Å²) in [6.45, 7) is 5.85. The summed E-state index contributed by atoms with van der Waals surface area (Å²) >= 11 is 0. The maximum absolute atomic E-state index is 12.7. The molecular weight excluding hydrogens is 236 g/mol. The zero-order valence-electron chi connectivity index (χ0n) is 11.9. The predicted molar refractivity (Wildman–Crippen MR) is 78.1 cm³/mol. The Kier molecular flexibility index (Phi) is 4.59. The van der Waals surface area contributed by atoms with Crippen molar-refractivity contribution in [3.63, 3.8) is 0 Å². The maximum atomic E-state index is 12.7. The molecule has 2 N–H and O–H groups in total. The van der Waals surface area contributed by atoms with Crippen LogP contribution in [0.1, 0.15) is 42.6 Å². The molecule has 3 heteroatoms. The molecule has 0 spiro atoms. The Balaban J connectivity index is 2.23. The van der Waals surface area contributed by atoms with E-state index in [0.29, 0.717) is 18.5 Å². The van der Waals surface area contributed by atoms with Crippen molar-refractivity contribution in [2.45, 2.75) is 39.2 Å². The van der Waals surface area contributed by atoms with Gasteiger partial charge in [-0.05, 0) is 50.3 Å². The van der Waals surface area contributed by atoms with E-state index in [2.05, 4.69) is 13.8 Å². The molecule has 1 saturated heterocycles. The summed E-state index contributed by atoms with van der Waals surface area (Å²) in [5.74, 6) is 0.752. The second-order valence-corrected chi connectivity index (χ2v) is 5.55. The molecule has 1 aliphatic heterocycles. The van der Waals surface area contributed by atoms with Gasteiger partial charge in [-0.3, -0.25) is 4.79 Å². The quantitative estimate of drug-likeness (QED) is 0.907. The van der Waals surface area contributed by atoms with Crippen LogP contribution in [0.25, 0.3) is 0 Å². The fourth-order valence-electron chi connectivity index (χ4n) is 2.88. The molecule has 3 nitrogen and oxygen atoms in total. The molecule has 1 heterocycles. The smallest absolute Gasteiger partial charge is 0.254 e. The highest BCUT2D eigenvalue weighted by atomic mass is 16.2. The van der Waals surface area contributed by atoms with E-state index in [9.17, 15) is 4.79 Å². The van der Waals surface area contributed by atoms with Crippen molar-refractivity contribution in [2.75, 3.05) is 13.1 Å². The van der Waals surface area contributed by atoms with Crippen molar-refractivity contribution in [1.29, 1.82) is 0 Å². The first kappa shape index (κ1) is 14.1. The largest absolute Gasteiger partial charge is 0.336 e. The average molecular weight is 260 g/mol. The molecular formula is C16H24N2O. The number of rotatable bonds is 3. The minimum absolute atomic E-state index is 0.170. The number of hydrogen-bond acceptors (Lipinski definition) is 2. The van der Waals surface area contributed by atoms with Crippen LogP contribution < -0.4 is 5.73 Å². The Hall–Kier alpha value is -1.35. The van der Waals surface area contributed by atoms with Gasteiger partial charge in [0.1, 0.15) is 0 Å². The van der Waals surface area contributed by atoms with Crippen LogP contribution in [0.5, 0.6) is 0 Å². The summed E-state index contributed by atoms with van der Waals surface area (Å²) in [5.41, 5.74) is 7.53. The van der Waals surface area contributed by atoms with Gasteiger partial charge in [-0.2, -0.15) is 0 Å². The van der Waals surface area contributed by atoms with Crippen molar-refractivity contribution in [3.05, 3.63) is 35.4 Å². The summed E-state index contributed by atoms with van der Waals surface area (Å²) in [6, 6.07) is 8.18. The molecule has 0 aromatic heterocycles. The van der Waals surface area contributed by atoms with Gasteiger partial charge in [-0.15, -0.1) is 0 Å². The number of carbonyl (C=O) groups is 1. The highest BCUT2D eigenvalue weighted by Gasteiger charge is 2.29. The maximum Gasteiger partial charge on any atom is 0.254 e. The minimum Gasteiger partial charge on any atom is -0.336 e. The van der Waals surface area contributed by atoms with E-state index in [4.69, 9.17) is 5.73 Å². The van der Waals surface area contributed by atoms with E-state index >= 15 is 0 Å². The lowest BCUT2D eigenvalue weighted by Gasteiger charge is -2.38. The number of nitrogens with zero attached hydrogens (tertiary/aromatic N) is 1. The van der Waals surface area contributed by atoms with Crippen LogP contribution in [0.4, 0.5) is 0 Å². The van der Waals surface area contributed by atoms with Crippen LogP contribution in [-0.4, -0.2) is 29.9 Å². The molecule has 19 heavy (non-hydrogen) atoms. The van der Waals surface area contributed by atoms with Gasteiger partial charge >= 0.3 is 0 Å². The topological polar surface area (TPSA) is 46.3 Å². The zero-order chi connectivity index (χ0) is 13.8. The summed E-state index contributed by atoms with van der Waals surface area (Å²) < 4.78 is 0. The molecule has 1 fully saturated rings. The molecule has 2 unspecified atom stereocenters. The molecule has 104 valence electrons. The molecule has 1 aromatic carbocycles. The van der Waals surface area contributed by atoms with Crippen molar-refractivity contribution < 1.29 is 4.79 Å². The van der Waals surface area contributed by atoms with Crippen LogP contribution in [0, 0.1) is 5.92 Å². The van der Waals surface area contributed by atoms with Gasteiger partial charge in [0.2, 0.25) is 0 Å². The van der Waals surface area contributed by atoms with E-state index < -0.39 is 0 Å². The molecule has 1 aliphatic rings. The third-order valence-corrected chi connectivity index (χ3v) is 4.30. The number of benzene rings is 1. The van der Waals surface area contributed by atoms with Gasteiger partial charge in [-0.1, -0.05) is 25.1 Å². The van der Waals surface area contributed by atoms with E-state index in [1.807, 2.05) is 29.2 Å². The fourth-order valence-corrected chi connectivity index (χ4v) is 2.88. The molecule has 2 atom stereocenters. The standard InChI is InChI=1S/C16H24N2O/c1-12-6-5-11-18(13(12)2)16(19)15-8-4-3-7-14(15)9-10-17/h3-4,7-8,12-13H,5-6,9-11,17H2,1-2H3. The Labute approximate surface area is 115 Å². The van der Waals surface area contributed by atoms with Crippen molar-refractivity contribution in [3.8, 4) is 0 Å². The first-order valence-corrected chi connectivity index (χ1v) is 7.24. The molecule has 0 radical (unpaired) electrons. The summed E-state index contributed by atoms with van der Waals surface area (Å²) in [5, 5.41) is 0. The minimum atomic E-state index is 0.170. The summed E-state index contributed by atoms with van der Waals surface area (Å²) in [7, 11) is 0. The first-order valence-electron chi connectivity index (χ1n) is 7.24. The van der Waals surface area contributed by atoms with Gasteiger partial charge in [0.05, 0.1) is 0 Å². The molecule has 1 aromatic rings. The molecule has 0 bridgehead atoms. The lowest BCUT2D eigenvalue weighted by Crippen LogP contribution is -2.46. The molecule has 0 saturated carbocycles. The van der Waals surface area contributed by atoms with Gasteiger partial charge in [0.25, 0.3) is 5.91 Å². The fraction of sp³-hybridized carbons (Fsp3) is 0.562. The summed E-state index contributed by atoms with van der Waals surface area (Å²) in [6.07, 6.45) is 3.09. The normalized spacial score (nSPS) is 23.4. The molecule has 0 aliphatic carbocycles. The molecule has 2 rings (SSSR count). The van der Waals surface area contributed by atoms with E-state index in [-0.39, 0.29) is 5.91 Å². The van der Waals surface area contributed by atoms with E-state index in [1.54, 1.807) is 0 Å². The van der Waals surface area contributed by atoms with Crippen LogP contribution in [0.3, 0.4) is 0 Å². The number of carbonyl (C=O) groups excluding carboxylic acids is 1. The van der Waals surface area contributed by atoms with Gasteiger partial charge in [-0.25, -0.2) is 0 Å². The van der Waals surface area contributed by atoms with Crippen molar-refractivity contribution in [2.24, 2.45) is 11.7 Å². The van der Waals surface area contributed by atoms with Gasteiger partial charge in [0.15, 0.2) is 0 Å². The van der Waals surface area contributed by atoms with Crippen molar-refractivity contribution >= 4 is 5.91 Å². The summed E-state index contributed by atoms with van der Waals surface area (Å²) in [4.78, 5) is 14.8. The highest BCUT2D eigenvalue weighted by Crippen LogP contribution is 2.25. The lowest BCUT2D eigenvalue weighted by atomic mass is 9.91. The number of likely N-dealkylation sites (tertiary alicyclic amines) is 1. The Bertz CT molecular complexity index is 444. The Morgan fingerprint density at radius 3 is 2.84 bits per heavy atom. The highest BCUT2D eigenvalue weighted by molar-refractivity contribution is 5.96. The SMILES string of the molecule is CC1CCCN(C(=O)c2ccccc2CCN)C1C. The lowest BCUT2D eigenvalue weighted by molar-refractivity contribution is 0.0550. The van der Waals surface area contributed by atoms with E-state index in [1.165, 1.54) is 6.42 Å². The number of amides is 1. The third-order valence-electron chi connectivity index (χ3n) is 4.30. The van der Waals surface area contributed by atoms with Gasteiger partial charge in [0, 0.05) is 18.2 Å². The number of hydrogen-bond donors (Lipinski definition) is 1. The van der Waals surface area contributed by atoms with Gasteiger partial charge < -0.3 is 10.6 Å². The first-order chi connectivity index (χ1) is 9.15. The predicted octanol–water partition coefficient (Wildman–Crippen LogP) is 2.45. The second kappa shape index (κ2) is 6.20. The van der Waals surface area contributed by atoms with Crippen LogP contribution in [0.15, 0.2) is 24.3 Å². The number of piperidine rings is 1.